The van der Waals surface area contributed by atoms with Crippen molar-refractivity contribution in [3.8, 4) is 6.07 Å². The van der Waals surface area contributed by atoms with Crippen LogP contribution in [0.15, 0.2) is 48.8 Å². The van der Waals surface area contributed by atoms with E-state index in [1.54, 1.807) is 37.4 Å². The highest BCUT2D eigenvalue weighted by Gasteiger charge is 2.33. The Morgan fingerprint density at radius 3 is 2.70 bits per heavy atom. The van der Waals surface area contributed by atoms with Gasteiger partial charge < -0.3 is 4.90 Å². The molecule has 1 saturated heterocycles. The number of Topliss-reactive ketones (excluding diaryl/α,β-unsaturated/α-hetero) is 1. The number of aromatic nitrogens is 1. The molecule has 1 fully saturated rings. The second-order valence-corrected chi connectivity index (χ2v) is 7.95. The summed E-state index contributed by atoms with van der Waals surface area (Å²) in [4.78, 5) is 31.6. The van der Waals surface area contributed by atoms with Crippen molar-refractivity contribution in [2.24, 2.45) is 5.92 Å². The van der Waals surface area contributed by atoms with E-state index >= 15 is 0 Å². The quantitative estimate of drug-likeness (QED) is 0.659. The van der Waals surface area contributed by atoms with Crippen molar-refractivity contribution < 1.29 is 14.7 Å². The molecule has 2 aromatic rings. The maximum Gasteiger partial charge on any atom is 0.226 e. The van der Waals surface area contributed by atoms with Crippen LogP contribution in [0.1, 0.15) is 54.1 Å². The average molecular weight is 404 g/mol. The van der Waals surface area contributed by atoms with Gasteiger partial charge in [-0.3, -0.25) is 14.6 Å². The number of rotatable bonds is 7. The lowest BCUT2D eigenvalue weighted by Crippen LogP contribution is -2.49. The van der Waals surface area contributed by atoms with Crippen molar-refractivity contribution in [1.29, 1.82) is 5.26 Å². The number of nitriles is 1. The molecule has 3 atom stereocenters. The van der Waals surface area contributed by atoms with Crippen molar-refractivity contribution >= 4 is 11.7 Å². The van der Waals surface area contributed by atoms with Crippen molar-refractivity contribution in [2.75, 3.05) is 6.54 Å². The summed E-state index contributed by atoms with van der Waals surface area (Å²) in [5.74, 6) is -0.650. The van der Waals surface area contributed by atoms with Crippen LogP contribution < -0.4 is 0 Å². The van der Waals surface area contributed by atoms with Gasteiger partial charge >= 0.3 is 0 Å². The van der Waals surface area contributed by atoms with Crippen LogP contribution in [0.5, 0.6) is 0 Å². The third-order valence-electron chi connectivity index (χ3n) is 5.69. The number of carbonyl (C=O) groups is 2. The monoisotopic (exact) mass is 404 g/mol. The fourth-order valence-electron chi connectivity index (χ4n) is 3.95. The Labute approximate surface area is 177 Å². The van der Waals surface area contributed by atoms with Gasteiger partial charge in [0.15, 0.2) is 5.78 Å². The molecule has 1 aliphatic heterocycles. The molecule has 2 heterocycles. The van der Waals surface area contributed by atoms with E-state index < -0.39 is 12.0 Å². The molecule has 2 unspecified atom stereocenters. The predicted molar refractivity (Wildman–Crippen MR) is 111 cm³/mol. The zero-order valence-electron chi connectivity index (χ0n) is 17.2. The van der Waals surface area contributed by atoms with Gasteiger partial charge in [0, 0.05) is 42.9 Å². The van der Waals surface area contributed by atoms with Crippen molar-refractivity contribution in [1.82, 2.24) is 9.88 Å². The first-order valence-corrected chi connectivity index (χ1v) is 10.4. The number of benzene rings is 1. The summed E-state index contributed by atoms with van der Waals surface area (Å²) in [6.07, 6.45) is 5.36. The first kappa shape index (κ1) is 21.7. The highest BCUT2D eigenvalue weighted by Crippen LogP contribution is 2.25. The number of hydrogen-bond acceptors (Lipinski definition) is 4. The molecule has 1 radical (unpaired) electrons. The number of ketones is 1. The average Bonchev–Trinajstić information content (AvgIpc) is 2.78. The molecule has 0 saturated carbocycles. The number of piperidine rings is 1. The zero-order valence-corrected chi connectivity index (χ0v) is 17.2. The molecule has 30 heavy (non-hydrogen) atoms. The molecule has 1 aromatic heterocycles. The Morgan fingerprint density at radius 2 is 2.03 bits per heavy atom. The molecule has 0 N–H and O–H groups in total. The highest BCUT2D eigenvalue weighted by molar-refractivity contribution is 5.98. The largest absolute Gasteiger partial charge is 0.339 e. The van der Waals surface area contributed by atoms with Gasteiger partial charge in [0.05, 0.1) is 17.7 Å². The van der Waals surface area contributed by atoms with Crippen LogP contribution >= 0.6 is 0 Å². The van der Waals surface area contributed by atoms with Crippen LogP contribution in [0.2, 0.25) is 0 Å². The standard InChI is InChI=1S/C24H26N3O3/c1-17(13-23(29)20-7-4-18(15-25)5-8-20)24(30)27-12-10-22(28)14-21(27)9-6-19-3-2-11-26-16-19/h2-5,7-8,11,16-17,21-22H,6,9-10,12-14H2,1H3/t17?,21?,22-/m1/s1. The molecule has 0 bridgehead atoms. The summed E-state index contributed by atoms with van der Waals surface area (Å²) >= 11 is 0. The maximum absolute atomic E-state index is 13.1. The van der Waals surface area contributed by atoms with E-state index in [1.165, 1.54) is 0 Å². The van der Waals surface area contributed by atoms with Crippen molar-refractivity contribution in [2.45, 2.75) is 51.2 Å². The molecular weight excluding hydrogens is 378 g/mol. The van der Waals surface area contributed by atoms with Gasteiger partial charge in [0.25, 0.3) is 0 Å². The number of likely N-dealkylation sites (tertiary alicyclic amines) is 1. The molecule has 1 amide bonds. The van der Waals surface area contributed by atoms with Gasteiger partial charge in [-0.15, -0.1) is 0 Å². The second-order valence-electron chi connectivity index (χ2n) is 7.95. The fraction of sp³-hybridized carbons (Fsp3) is 0.417. The molecule has 1 aromatic carbocycles. The minimum Gasteiger partial charge on any atom is -0.339 e. The SMILES string of the molecule is CC(CC(=O)c1ccc(C#N)cc1)C(=O)N1CC[C@@H]([O])CC1CCc1cccnc1. The van der Waals surface area contributed by atoms with Crippen LogP contribution in [0.3, 0.4) is 0 Å². The van der Waals surface area contributed by atoms with Gasteiger partial charge in [-0.2, -0.15) is 5.26 Å². The number of hydrogen-bond donors (Lipinski definition) is 0. The van der Waals surface area contributed by atoms with E-state index in [9.17, 15) is 14.7 Å². The third kappa shape index (κ3) is 5.52. The Balaban J connectivity index is 1.62. The summed E-state index contributed by atoms with van der Waals surface area (Å²) < 4.78 is 0. The van der Waals surface area contributed by atoms with Crippen LogP contribution in [0, 0.1) is 17.2 Å². The van der Waals surface area contributed by atoms with E-state index in [0.717, 1.165) is 12.0 Å². The number of aryl methyl sites for hydroxylation is 1. The first-order valence-electron chi connectivity index (χ1n) is 10.4. The van der Waals surface area contributed by atoms with Gasteiger partial charge in [-0.1, -0.05) is 25.1 Å². The smallest absolute Gasteiger partial charge is 0.226 e. The maximum atomic E-state index is 13.1. The van der Waals surface area contributed by atoms with Crippen LogP contribution in [0.25, 0.3) is 0 Å². The predicted octanol–water partition coefficient (Wildman–Crippen LogP) is 3.59. The Morgan fingerprint density at radius 1 is 1.27 bits per heavy atom. The normalized spacial score (nSPS) is 19.7. The number of carbonyl (C=O) groups excluding carboxylic acids is 2. The Kier molecular flexibility index (Phi) is 7.31. The molecule has 1 aliphatic rings. The van der Waals surface area contributed by atoms with Crippen LogP contribution in [0.4, 0.5) is 0 Å². The number of pyridine rings is 1. The van der Waals surface area contributed by atoms with Crippen LogP contribution in [-0.4, -0.2) is 40.3 Å². The van der Waals surface area contributed by atoms with Crippen molar-refractivity contribution in [3.63, 3.8) is 0 Å². The Bertz CT molecular complexity index is 906. The molecule has 0 spiro atoms. The minimum absolute atomic E-state index is 0.0694. The first-order chi connectivity index (χ1) is 14.5. The van der Waals surface area contributed by atoms with E-state index in [1.807, 2.05) is 29.3 Å². The van der Waals surface area contributed by atoms with E-state index in [4.69, 9.17) is 5.26 Å². The molecule has 6 heteroatoms. The molecule has 6 nitrogen and oxygen atoms in total. The fourth-order valence-corrected chi connectivity index (χ4v) is 3.95. The summed E-state index contributed by atoms with van der Waals surface area (Å²) in [5, 5.41) is 21.0. The third-order valence-corrected chi connectivity index (χ3v) is 5.69. The van der Waals surface area contributed by atoms with E-state index in [-0.39, 0.29) is 24.2 Å². The molecule has 155 valence electrons. The second kappa shape index (κ2) is 10.1. The number of amides is 1. The van der Waals surface area contributed by atoms with E-state index in [0.29, 0.717) is 36.9 Å². The zero-order chi connectivity index (χ0) is 21.5. The summed E-state index contributed by atoms with van der Waals surface area (Å²) in [5.41, 5.74) is 2.08. The van der Waals surface area contributed by atoms with Gasteiger partial charge in [-0.05, 0) is 49.4 Å². The lowest BCUT2D eigenvalue weighted by molar-refractivity contribution is -0.141. The molecular formula is C24H26N3O3. The number of nitrogens with zero attached hydrogens (tertiary/aromatic N) is 3. The highest BCUT2D eigenvalue weighted by atomic mass is 16.3. The van der Waals surface area contributed by atoms with Gasteiger partial charge in [0.2, 0.25) is 5.91 Å². The summed E-state index contributed by atoms with van der Waals surface area (Å²) in [6.45, 7) is 2.21. The molecule has 0 aliphatic carbocycles. The summed E-state index contributed by atoms with van der Waals surface area (Å²) in [6, 6.07) is 12.2. The lowest BCUT2D eigenvalue weighted by atomic mass is 9.91. The van der Waals surface area contributed by atoms with Gasteiger partial charge in [0.1, 0.15) is 0 Å². The molecule has 3 rings (SSSR count). The van der Waals surface area contributed by atoms with E-state index in [2.05, 4.69) is 4.98 Å². The summed E-state index contributed by atoms with van der Waals surface area (Å²) in [7, 11) is 0. The lowest BCUT2D eigenvalue weighted by Gasteiger charge is -2.39. The topological polar surface area (TPSA) is 94.0 Å². The Hall–Kier alpha value is -3.04. The van der Waals surface area contributed by atoms with Crippen molar-refractivity contribution in [3.05, 3.63) is 65.5 Å². The van der Waals surface area contributed by atoms with Gasteiger partial charge in [-0.25, -0.2) is 5.11 Å². The minimum atomic E-state index is -0.650. The van der Waals surface area contributed by atoms with Crippen LogP contribution in [-0.2, 0) is 16.3 Å².